The van der Waals surface area contributed by atoms with Crippen LogP contribution >= 0.6 is 0 Å². The average molecular weight is 456 g/mol. The number of hydrogen-bond donors (Lipinski definition) is 0. The molecule has 1 aliphatic carbocycles. The van der Waals surface area contributed by atoms with Crippen LogP contribution in [0.3, 0.4) is 0 Å². The zero-order chi connectivity index (χ0) is 23.4. The van der Waals surface area contributed by atoms with Crippen LogP contribution in [-0.4, -0.2) is 50.6 Å². The third-order valence-electron chi connectivity index (χ3n) is 7.54. The molecule has 0 N–H and O–H groups in total. The van der Waals surface area contributed by atoms with Crippen LogP contribution in [-0.2, 0) is 14.9 Å². The van der Waals surface area contributed by atoms with Gasteiger partial charge in [-0.3, -0.25) is 0 Å². The molecule has 3 unspecified atom stereocenters. The monoisotopic (exact) mass is 455 g/mol. The number of aldehydes is 1. The quantitative estimate of drug-likeness (QED) is 0.332. The molecule has 1 fully saturated rings. The van der Waals surface area contributed by atoms with Crippen molar-refractivity contribution in [1.29, 1.82) is 0 Å². The number of hydrogen-bond acceptors (Lipinski definition) is 4. The Bertz CT molecular complexity index is 1140. The molecule has 176 valence electrons. The van der Waals surface area contributed by atoms with Gasteiger partial charge in [0.2, 0.25) is 0 Å². The lowest BCUT2D eigenvalue weighted by molar-refractivity contribution is -0.112. The average Bonchev–Trinajstić information content (AvgIpc) is 3.42. The minimum absolute atomic E-state index is 0.0160. The van der Waals surface area contributed by atoms with Gasteiger partial charge in [0.1, 0.15) is 12.0 Å². The zero-order valence-electron chi connectivity index (χ0n) is 19.9. The van der Waals surface area contributed by atoms with Gasteiger partial charge in [0.05, 0.1) is 25.2 Å². The van der Waals surface area contributed by atoms with Crippen molar-refractivity contribution < 1.29 is 14.3 Å². The summed E-state index contributed by atoms with van der Waals surface area (Å²) in [5.74, 6) is 0.777. The lowest BCUT2D eigenvalue weighted by Gasteiger charge is -2.40. The van der Waals surface area contributed by atoms with Crippen LogP contribution in [0.2, 0.25) is 0 Å². The maximum Gasteiger partial charge on any atom is 0.134 e. The largest absolute Gasteiger partial charge is 0.497 e. The van der Waals surface area contributed by atoms with E-state index in [1.807, 2.05) is 24.3 Å². The molecule has 5 rings (SSSR count). The van der Waals surface area contributed by atoms with Crippen molar-refractivity contribution >= 4 is 17.1 Å². The van der Waals surface area contributed by atoms with Gasteiger partial charge in [-0.25, -0.2) is 0 Å². The fraction of sp³-hybridized carbons (Fsp3) is 0.367. The Morgan fingerprint density at radius 2 is 1.76 bits per heavy atom. The standard InChI is InChI=1S/C30H33NO3/c1-33-25-13-11-24(12-14-25)29-21-26(34-20-19-31-17-4-5-18-31)15-16-30(29,22-32)28-10-6-8-23-7-2-3-9-27(23)28/h2-3,6-16,22,26,29H,4-5,17-21H2,1H3. The predicted molar refractivity (Wildman–Crippen MR) is 137 cm³/mol. The summed E-state index contributed by atoms with van der Waals surface area (Å²) in [7, 11) is 1.68. The van der Waals surface area contributed by atoms with Crippen LogP contribution in [0.15, 0.2) is 78.9 Å². The molecule has 3 aromatic carbocycles. The highest BCUT2D eigenvalue weighted by Gasteiger charge is 2.44. The predicted octanol–water partition coefficient (Wildman–Crippen LogP) is 5.51. The lowest BCUT2D eigenvalue weighted by Crippen LogP contribution is -2.40. The minimum Gasteiger partial charge on any atom is -0.497 e. The van der Waals surface area contributed by atoms with Crippen LogP contribution in [0.25, 0.3) is 10.8 Å². The number of carbonyl (C=O) groups is 1. The number of ether oxygens (including phenoxy) is 2. The molecule has 3 atom stereocenters. The van der Waals surface area contributed by atoms with E-state index in [1.54, 1.807) is 7.11 Å². The molecular formula is C30H33NO3. The first-order valence-electron chi connectivity index (χ1n) is 12.4. The van der Waals surface area contributed by atoms with Gasteiger partial charge in [0.25, 0.3) is 0 Å². The number of likely N-dealkylation sites (tertiary alicyclic amines) is 1. The highest BCUT2D eigenvalue weighted by molar-refractivity contribution is 5.92. The van der Waals surface area contributed by atoms with E-state index in [0.29, 0.717) is 6.61 Å². The Kier molecular flexibility index (Phi) is 6.80. The van der Waals surface area contributed by atoms with Crippen LogP contribution in [0, 0.1) is 0 Å². The summed E-state index contributed by atoms with van der Waals surface area (Å²) < 4.78 is 11.7. The SMILES string of the molecule is COc1ccc(C2CC(OCCN3CCCC3)C=CC2(C=O)c2cccc3ccccc23)cc1. The summed E-state index contributed by atoms with van der Waals surface area (Å²) in [5, 5.41) is 2.26. The van der Waals surface area contributed by atoms with Gasteiger partial charge in [0, 0.05) is 12.5 Å². The maximum absolute atomic E-state index is 13.0. The van der Waals surface area contributed by atoms with Gasteiger partial charge in [-0.05, 0) is 66.4 Å². The molecule has 4 heteroatoms. The van der Waals surface area contributed by atoms with Gasteiger partial charge in [0.15, 0.2) is 0 Å². The smallest absolute Gasteiger partial charge is 0.134 e. The number of fused-ring (bicyclic) bond motifs is 1. The summed E-state index contributed by atoms with van der Waals surface area (Å²) in [6, 6.07) is 22.7. The second-order valence-electron chi connectivity index (χ2n) is 9.46. The number of rotatable bonds is 8. The maximum atomic E-state index is 13.0. The van der Waals surface area contributed by atoms with E-state index < -0.39 is 5.41 Å². The second-order valence-corrected chi connectivity index (χ2v) is 9.46. The van der Waals surface area contributed by atoms with Crippen LogP contribution < -0.4 is 4.74 Å². The number of allylic oxidation sites excluding steroid dienone is 1. The Morgan fingerprint density at radius 3 is 2.53 bits per heavy atom. The fourth-order valence-electron chi connectivity index (χ4n) is 5.67. The molecule has 0 radical (unpaired) electrons. The molecular weight excluding hydrogens is 422 g/mol. The molecule has 2 aliphatic rings. The van der Waals surface area contributed by atoms with E-state index in [2.05, 4.69) is 59.5 Å². The van der Waals surface area contributed by atoms with E-state index in [-0.39, 0.29) is 12.0 Å². The minimum atomic E-state index is -0.760. The molecule has 0 aromatic heterocycles. The van der Waals surface area contributed by atoms with Crippen molar-refractivity contribution in [2.45, 2.75) is 36.7 Å². The molecule has 0 amide bonds. The Morgan fingerprint density at radius 1 is 1.00 bits per heavy atom. The van der Waals surface area contributed by atoms with Crippen LogP contribution in [0.1, 0.15) is 36.3 Å². The first-order valence-corrected chi connectivity index (χ1v) is 12.4. The summed E-state index contributed by atoms with van der Waals surface area (Å²) in [6.07, 6.45) is 8.66. The first-order chi connectivity index (χ1) is 16.7. The normalized spacial score (nSPS) is 25.0. The number of carbonyl (C=O) groups excluding carboxylic acids is 1. The van der Waals surface area contributed by atoms with Gasteiger partial charge < -0.3 is 19.2 Å². The lowest BCUT2D eigenvalue weighted by atomic mass is 9.63. The third kappa shape index (κ3) is 4.40. The summed E-state index contributed by atoms with van der Waals surface area (Å²) in [4.78, 5) is 15.5. The van der Waals surface area contributed by atoms with Gasteiger partial charge in [-0.15, -0.1) is 0 Å². The molecule has 0 spiro atoms. The fourth-order valence-corrected chi connectivity index (χ4v) is 5.67. The van der Waals surface area contributed by atoms with Crippen molar-refractivity contribution in [3.05, 3.63) is 90.0 Å². The molecule has 1 aliphatic heterocycles. The summed E-state index contributed by atoms with van der Waals surface area (Å²) >= 11 is 0. The van der Waals surface area contributed by atoms with Gasteiger partial charge in [-0.2, -0.15) is 0 Å². The van der Waals surface area contributed by atoms with Gasteiger partial charge >= 0.3 is 0 Å². The van der Waals surface area contributed by atoms with E-state index in [1.165, 1.54) is 25.9 Å². The van der Waals surface area contributed by atoms with Crippen LogP contribution in [0.4, 0.5) is 0 Å². The first kappa shape index (κ1) is 22.8. The molecule has 1 heterocycles. The molecule has 34 heavy (non-hydrogen) atoms. The van der Waals surface area contributed by atoms with Crippen molar-refractivity contribution in [3.8, 4) is 5.75 Å². The zero-order valence-corrected chi connectivity index (χ0v) is 19.9. The number of nitrogens with zero attached hydrogens (tertiary/aromatic N) is 1. The van der Waals surface area contributed by atoms with E-state index in [9.17, 15) is 4.79 Å². The van der Waals surface area contributed by atoms with Crippen molar-refractivity contribution in [2.75, 3.05) is 33.4 Å². The van der Waals surface area contributed by atoms with E-state index in [0.717, 1.165) is 46.9 Å². The Hall–Kier alpha value is -2.95. The summed E-state index contributed by atoms with van der Waals surface area (Å²) in [5.41, 5.74) is 1.41. The molecule has 3 aromatic rings. The molecule has 4 nitrogen and oxygen atoms in total. The molecule has 1 saturated heterocycles. The van der Waals surface area contributed by atoms with Gasteiger partial charge in [-0.1, -0.05) is 66.7 Å². The highest BCUT2D eigenvalue weighted by atomic mass is 16.5. The second kappa shape index (κ2) is 10.1. The highest BCUT2D eigenvalue weighted by Crippen LogP contribution is 2.47. The molecule has 0 bridgehead atoms. The number of methoxy groups -OCH3 is 1. The summed E-state index contributed by atoms with van der Waals surface area (Å²) in [6.45, 7) is 4.04. The number of benzene rings is 3. The van der Waals surface area contributed by atoms with E-state index >= 15 is 0 Å². The Balaban J connectivity index is 1.51. The van der Waals surface area contributed by atoms with Crippen molar-refractivity contribution in [3.63, 3.8) is 0 Å². The van der Waals surface area contributed by atoms with Crippen molar-refractivity contribution in [2.24, 2.45) is 0 Å². The van der Waals surface area contributed by atoms with Crippen LogP contribution in [0.5, 0.6) is 5.75 Å². The van der Waals surface area contributed by atoms with E-state index in [4.69, 9.17) is 9.47 Å². The third-order valence-corrected chi connectivity index (χ3v) is 7.54. The topological polar surface area (TPSA) is 38.8 Å². The van der Waals surface area contributed by atoms with Crippen molar-refractivity contribution in [1.82, 2.24) is 4.90 Å². The Labute approximate surface area is 202 Å². The molecule has 0 saturated carbocycles.